The first kappa shape index (κ1) is 12.6. The Bertz CT molecular complexity index is 755. The molecule has 102 valence electrons. The SMILES string of the molecule is CC(C)c1noc(Cn2cc(C=O)c3ccccc32)n1. The van der Waals surface area contributed by atoms with Crippen LogP contribution >= 0.6 is 0 Å². The lowest BCUT2D eigenvalue weighted by molar-refractivity contribution is 0.112. The average molecular weight is 269 g/mol. The molecule has 0 aliphatic heterocycles. The third kappa shape index (κ3) is 2.11. The summed E-state index contributed by atoms with van der Waals surface area (Å²) < 4.78 is 7.21. The fraction of sp³-hybridized carbons (Fsp3) is 0.267. The Morgan fingerprint density at radius 2 is 2.15 bits per heavy atom. The minimum Gasteiger partial charge on any atom is -0.337 e. The molecule has 5 nitrogen and oxygen atoms in total. The summed E-state index contributed by atoms with van der Waals surface area (Å²) in [5.74, 6) is 1.48. The molecule has 2 aromatic heterocycles. The minimum atomic E-state index is 0.236. The molecule has 0 aliphatic carbocycles. The summed E-state index contributed by atoms with van der Waals surface area (Å²) in [7, 11) is 0. The lowest BCUT2D eigenvalue weighted by atomic mass is 10.2. The second-order valence-electron chi connectivity index (χ2n) is 5.05. The van der Waals surface area contributed by atoms with Crippen molar-refractivity contribution in [1.29, 1.82) is 0 Å². The summed E-state index contributed by atoms with van der Waals surface area (Å²) >= 11 is 0. The predicted octanol–water partition coefficient (Wildman–Crippen LogP) is 3.01. The number of carbonyl (C=O) groups excluding carboxylic acids is 1. The number of benzene rings is 1. The maximum atomic E-state index is 11.1. The quantitative estimate of drug-likeness (QED) is 0.683. The zero-order valence-electron chi connectivity index (χ0n) is 11.4. The second-order valence-corrected chi connectivity index (χ2v) is 5.05. The molecule has 1 aromatic carbocycles. The van der Waals surface area contributed by atoms with Crippen LogP contribution in [-0.2, 0) is 6.54 Å². The molecule has 3 rings (SSSR count). The van der Waals surface area contributed by atoms with Crippen LogP contribution in [0.3, 0.4) is 0 Å². The Balaban J connectivity index is 1.99. The van der Waals surface area contributed by atoms with E-state index >= 15 is 0 Å². The summed E-state index contributed by atoms with van der Waals surface area (Å²) in [6.07, 6.45) is 2.68. The first-order valence-electron chi connectivity index (χ1n) is 6.54. The number of carbonyl (C=O) groups is 1. The molecule has 0 N–H and O–H groups in total. The van der Waals surface area contributed by atoms with Gasteiger partial charge >= 0.3 is 0 Å². The second kappa shape index (κ2) is 4.92. The standard InChI is InChI=1S/C15H15N3O2/c1-10(2)15-16-14(20-17-15)8-18-7-11(9-19)12-5-3-4-6-13(12)18/h3-7,9-10H,8H2,1-2H3. The van der Waals surface area contributed by atoms with Crippen LogP contribution in [0.25, 0.3) is 10.9 Å². The van der Waals surface area contributed by atoms with Gasteiger partial charge < -0.3 is 9.09 Å². The van der Waals surface area contributed by atoms with Crippen LogP contribution in [0.15, 0.2) is 35.0 Å². The molecule has 0 aliphatic rings. The summed E-state index contributed by atoms with van der Waals surface area (Å²) in [5, 5.41) is 4.89. The largest absolute Gasteiger partial charge is 0.337 e. The molecule has 2 heterocycles. The van der Waals surface area contributed by atoms with E-state index in [0.29, 0.717) is 23.8 Å². The van der Waals surface area contributed by atoms with Gasteiger partial charge in [0.05, 0.1) is 0 Å². The molecule has 0 atom stereocenters. The molecule has 0 saturated heterocycles. The number of fused-ring (bicyclic) bond motifs is 1. The van der Waals surface area contributed by atoms with E-state index in [2.05, 4.69) is 10.1 Å². The van der Waals surface area contributed by atoms with Crippen molar-refractivity contribution in [3.8, 4) is 0 Å². The lowest BCUT2D eigenvalue weighted by Gasteiger charge is -2.00. The minimum absolute atomic E-state index is 0.236. The molecule has 0 fully saturated rings. The summed E-state index contributed by atoms with van der Waals surface area (Å²) in [6, 6.07) is 7.77. The highest BCUT2D eigenvalue weighted by Gasteiger charge is 2.12. The van der Waals surface area contributed by atoms with Crippen molar-refractivity contribution >= 4 is 17.2 Å². The molecule has 5 heteroatoms. The zero-order valence-corrected chi connectivity index (χ0v) is 11.4. The van der Waals surface area contributed by atoms with Crippen molar-refractivity contribution in [2.45, 2.75) is 26.3 Å². The number of para-hydroxylation sites is 1. The zero-order chi connectivity index (χ0) is 14.1. The summed E-state index contributed by atoms with van der Waals surface area (Å²) in [5.41, 5.74) is 1.66. The van der Waals surface area contributed by atoms with E-state index in [4.69, 9.17) is 4.52 Å². The van der Waals surface area contributed by atoms with Crippen molar-refractivity contribution in [3.63, 3.8) is 0 Å². The summed E-state index contributed by atoms with van der Waals surface area (Å²) in [6.45, 7) is 4.50. The van der Waals surface area contributed by atoms with Gasteiger partial charge in [-0.1, -0.05) is 37.2 Å². The number of aldehydes is 1. The average Bonchev–Trinajstić information content (AvgIpc) is 3.05. The van der Waals surface area contributed by atoms with Crippen molar-refractivity contribution in [2.75, 3.05) is 0 Å². The fourth-order valence-corrected chi connectivity index (χ4v) is 2.21. The molecule has 3 aromatic rings. The highest BCUT2D eigenvalue weighted by molar-refractivity contribution is 5.97. The van der Waals surface area contributed by atoms with Crippen LogP contribution in [0.2, 0.25) is 0 Å². The van der Waals surface area contributed by atoms with E-state index in [0.717, 1.165) is 17.2 Å². The van der Waals surface area contributed by atoms with E-state index in [9.17, 15) is 4.79 Å². The number of hydrogen-bond acceptors (Lipinski definition) is 4. The highest BCUT2D eigenvalue weighted by Crippen LogP contribution is 2.21. The van der Waals surface area contributed by atoms with E-state index in [1.807, 2.05) is 48.9 Å². The first-order valence-corrected chi connectivity index (χ1v) is 6.54. The van der Waals surface area contributed by atoms with Crippen molar-refractivity contribution in [1.82, 2.24) is 14.7 Å². The number of rotatable bonds is 4. The predicted molar refractivity (Wildman–Crippen MR) is 74.8 cm³/mol. The summed E-state index contributed by atoms with van der Waals surface area (Å²) in [4.78, 5) is 15.5. The van der Waals surface area contributed by atoms with E-state index in [1.54, 1.807) is 0 Å². The molecule has 20 heavy (non-hydrogen) atoms. The maximum Gasteiger partial charge on any atom is 0.246 e. The third-order valence-corrected chi connectivity index (χ3v) is 3.25. The molecule has 0 bridgehead atoms. The van der Waals surface area contributed by atoms with Crippen molar-refractivity contribution in [2.24, 2.45) is 0 Å². The van der Waals surface area contributed by atoms with Gasteiger partial charge in [0.2, 0.25) is 5.89 Å². The van der Waals surface area contributed by atoms with Crippen LogP contribution in [0.1, 0.15) is 41.8 Å². The fourth-order valence-electron chi connectivity index (χ4n) is 2.21. The molecular formula is C15H15N3O2. The molecule has 0 amide bonds. The Morgan fingerprint density at radius 3 is 2.85 bits per heavy atom. The van der Waals surface area contributed by atoms with Crippen LogP contribution < -0.4 is 0 Å². The normalized spacial score (nSPS) is 11.3. The van der Waals surface area contributed by atoms with Gasteiger partial charge in [-0.15, -0.1) is 0 Å². The van der Waals surface area contributed by atoms with Gasteiger partial charge in [0, 0.05) is 28.6 Å². The Labute approximate surface area is 116 Å². The van der Waals surface area contributed by atoms with Gasteiger partial charge in [-0.2, -0.15) is 4.98 Å². The van der Waals surface area contributed by atoms with Crippen LogP contribution in [-0.4, -0.2) is 21.0 Å². The number of nitrogens with zero attached hydrogens (tertiary/aromatic N) is 3. The molecule has 0 unspecified atom stereocenters. The first-order chi connectivity index (χ1) is 9.69. The van der Waals surface area contributed by atoms with Gasteiger partial charge in [0.15, 0.2) is 12.1 Å². The monoisotopic (exact) mass is 269 g/mol. The lowest BCUT2D eigenvalue weighted by Crippen LogP contribution is -1.99. The van der Waals surface area contributed by atoms with E-state index in [1.165, 1.54) is 0 Å². The maximum absolute atomic E-state index is 11.1. The van der Waals surface area contributed by atoms with Crippen LogP contribution in [0.4, 0.5) is 0 Å². The smallest absolute Gasteiger partial charge is 0.246 e. The van der Waals surface area contributed by atoms with Gasteiger partial charge in [-0.25, -0.2) is 0 Å². The number of aromatic nitrogens is 3. The molecular weight excluding hydrogens is 254 g/mol. The van der Waals surface area contributed by atoms with E-state index < -0.39 is 0 Å². The molecule has 0 radical (unpaired) electrons. The van der Waals surface area contributed by atoms with Crippen molar-refractivity contribution in [3.05, 3.63) is 47.7 Å². The van der Waals surface area contributed by atoms with Gasteiger partial charge in [-0.05, 0) is 6.07 Å². The van der Waals surface area contributed by atoms with E-state index in [-0.39, 0.29) is 5.92 Å². The van der Waals surface area contributed by atoms with Gasteiger partial charge in [0.25, 0.3) is 0 Å². The topological polar surface area (TPSA) is 60.9 Å². The Hall–Kier alpha value is -2.43. The third-order valence-electron chi connectivity index (χ3n) is 3.25. The molecule has 0 spiro atoms. The Kier molecular flexibility index (Phi) is 3.10. The van der Waals surface area contributed by atoms with Crippen molar-refractivity contribution < 1.29 is 9.32 Å². The highest BCUT2D eigenvalue weighted by atomic mass is 16.5. The molecule has 0 saturated carbocycles. The van der Waals surface area contributed by atoms with Crippen LogP contribution in [0, 0.1) is 0 Å². The van der Waals surface area contributed by atoms with Gasteiger partial charge in [-0.3, -0.25) is 4.79 Å². The van der Waals surface area contributed by atoms with Gasteiger partial charge in [0.1, 0.15) is 6.54 Å². The number of hydrogen-bond donors (Lipinski definition) is 0. The van der Waals surface area contributed by atoms with Crippen LogP contribution in [0.5, 0.6) is 0 Å². The Morgan fingerprint density at radius 1 is 1.35 bits per heavy atom.